The van der Waals surface area contributed by atoms with Crippen molar-refractivity contribution < 1.29 is 18.9 Å². The number of rotatable bonds is 4. The zero-order chi connectivity index (χ0) is 32.5. The highest BCUT2D eigenvalue weighted by molar-refractivity contribution is 6.10. The molecule has 0 aliphatic carbocycles. The lowest BCUT2D eigenvalue weighted by Crippen LogP contribution is -1.89. The minimum absolute atomic E-state index is 0.422. The lowest BCUT2D eigenvalue weighted by molar-refractivity contribution is 0.416. The van der Waals surface area contributed by atoms with E-state index in [-0.39, 0.29) is 0 Å². The second kappa shape index (κ2) is 10.5. The maximum Gasteiger partial charge on any atom is 0.168 e. The van der Waals surface area contributed by atoms with Crippen LogP contribution in [0.2, 0.25) is 0 Å². The van der Waals surface area contributed by atoms with Crippen molar-refractivity contribution in [3.8, 4) is 68.5 Å². The summed E-state index contributed by atoms with van der Waals surface area (Å²) < 4.78 is 23.2. The van der Waals surface area contributed by atoms with Crippen molar-refractivity contribution in [2.75, 3.05) is 28.4 Å². The van der Waals surface area contributed by atoms with E-state index >= 15 is 0 Å². The molecule has 2 aliphatic heterocycles. The molecule has 0 spiro atoms. The van der Waals surface area contributed by atoms with Crippen LogP contribution in [0.1, 0.15) is 0 Å². The average Bonchev–Trinajstić information content (AvgIpc) is 3.86. The fraction of sp³-hybridized carbons (Fsp3) is 0.111. The van der Waals surface area contributed by atoms with E-state index < -0.39 is 0 Å². The van der Waals surface area contributed by atoms with Crippen LogP contribution in [0, 0.1) is 0 Å². The first-order valence-electron chi connectivity index (χ1n) is 15.1. The Hall–Kier alpha value is -6.56. The zero-order valence-corrected chi connectivity index (χ0v) is 26.2. The van der Waals surface area contributed by atoms with Crippen LogP contribution in [0.4, 0.5) is 0 Å². The van der Waals surface area contributed by atoms with Gasteiger partial charge in [-0.1, -0.05) is 48.5 Å². The van der Waals surface area contributed by atoms with Crippen molar-refractivity contribution in [3.63, 3.8) is 0 Å². The van der Waals surface area contributed by atoms with Crippen molar-refractivity contribution in [1.29, 1.82) is 0 Å². The topological polar surface area (TPSA) is 146 Å². The Kier molecular flexibility index (Phi) is 6.06. The van der Waals surface area contributed by atoms with Gasteiger partial charge >= 0.3 is 0 Å². The number of ether oxygens (including phenoxy) is 4. The van der Waals surface area contributed by atoms with Crippen LogP contribution in [-0.4, -0.2) is 68.3 Å². The van der Waals surface area contributed by atoms with E-state index in [0.717, 1.165) is 38.2 Å². The van der Waals surface area contributed by atoms with E-state index in [0.29, 0.717) is 74.4 Å². The van der Waals surface area contributed by atoms with Crippen LogP contribution < -0.4 is 18.9 Å². The largest absolute Gasteiger partial charge is 0.496 e. The maximum absolute atomic E-state index is 5.81. The van der Waals surface area contributed by atoms with Crippen LogP contribution in [0.25, 0.3) is 89.7 Å². The van der Waals surface area contributed by atoms with Crippen LogP contribution in [0.3, 0.4) is 0 Å². The Balaban J connectivity index is 1.53. The van der Waals surface area contributed by atoms with Crippen LogP contribution in [-0.2, 0) is 0 Å². The minimum atomic E-state index is 0.422. The van der Waals surface area contributed by atoms with Gasteiger partial charge in [0.1, 0.15) is 45.6 Å². The van der Waals surface area contributed by atoms with E-state index in [9.17, 15) is 0 Å². The summed E-state index contributed by atoms with van der Waals surface area (Å²) in [4.78, 5) is 37.1. The number of nitrogens with zero attached hydrogens (tertiary/aromatic N) is 6. The van der Waals surface area contributed by atoms with E-state index in [2.05, 4.69) is 9.97 Å². The van der Waals surface area contributed by atoms with Gasteiger partial charge in [0, 0.05) is 21.9 Å². The van der Waals surface area contributed by atoms with Gasteiger partial charge in [0.2, 0.25) is 0 Å². The molecule has 12 heteroatoms. The third-order valence-electron chi connectivity index (χ3n) is 8.67. The van der Waals surface area contributed by atoms with Crippen LogP contribution in [0.15, 0.2) is 72.8 Å². The summed E-state index contributed by atoms with van der Waals surface area (Å²) in [6, 6.07) is 23.0. The van der Waals surface area contributed by atoms with Gasteiger partial charge in [0.25, 0.3) is 0 Å². The minimum Gasteiger partial charge on any atom is -0.496 e. The first-order chi connectivity index (χ1) is 23.6. The Morgan fingerprint density at radius 1 is 0.396 bits per heavy atom. The Labute approximate surface area is 272 Å². The highest BCUT2D eigenvalue weighted by atomic mass is 16.5. The lowest BCUT2D eigenvalue weighted by atomic mass is 10.1. The molecule has 0 radical (unpaired) electrons. The summed E-state index contributed by atoms with van der Waals surface area (Å²) in [6.45, 7) is 0. The number of nitrogens with one attached hydrogen (secondary N) is 2. The van der Waals surface area contributed by atoms with Gasteiger partial charge in [-0.25, -0.2) is 29.9 Å². The molecule has 2 aliphatic rings. The molecule has 4 aromatic carbocycles. The van der Waals surface area contributed by atoms with Crippen molar-refractivity contribution in [3.05, 3.63) is 72.8 Å². The molecule has 2 N–H and O–H groups in total. The number of aromatic nitrogens is 8. The summed E-state index contributed by atoms with van der Waals surface area (Å²) in [7, 11) is 6.51. The molecular weight excluding hydrogens is 608 g/mol. The van der Waals surface area contributed by atoms with E-state index in [1.807, 2.05) is 72.8 Å². The molecule has 8 bridgehead atoms. The number of H-pyrrole nitrogens is 2. The number of hydrogen-bond donors (Lipinski definition) is 2. The number of methoxy groups -OCH3 is 4. The molecule has 0 atom stereocenters. The first-order valence-corrected chi connectivity index (χ1v) is 15.1. The Bertz CT molecular complexity index is 2650. The fourth-order valence-corrected chi connectivity index (χ4v) is 6.54. The molecule has 12 nitrogen and oxygen atoms in total. The van der Waals surface area contributed by atoms with Crippen LogP contribution >= 0.6 is 0 Å². The average molecular weight is 635 g/mol. The van der Waals surface area contributed by atoms with E-state index in [1.165, 1.54) is 0 Å². The van der Waals surface area contributed by atoms with Crippen molar-refractivity contribution in [2.45, 2.75) is 0 Å². The van der Waals surface area contributed by atoms with E-state index in [1.54, 1.807) is 28.4 Å². The summed E-state index contributed by atoms with van der Waals surface area (Å²) in [5.41, 5.74) is 5.10. The third kappa shape index (κ3) is 3.95. The predicted molar refractivity (Wildman–Crippen MR) is 182 cm³/mol. The number of fused-ring (bicyclic) bond motifs is 20. The van der Waals surface area contributed by atoms with Gasteiger partial charge in [-0.05, 0) is 24.3 Å². The monoisotopic (exact) mass is 634 g/mol. The normalized spacial score (nSPS) is 11.8. The Morgan fingerprint density at radius 2 is 0.771 bits per heavy atom. The molecule has 0 saturated carbocycles. The van der Waals surface area contributed by atoms with Gasteiger partial charge in [-0.15, -0.1) is 0 Å². The van der Waals surface area contributed by atoms with E-state index in [4.69, 9.17) is 48.9 Å². The third-order valence-corrected chi connectivity index (χ3v) is 8.67. The maximum atomic E-state index is 5.81. The smallest absolute Gasteiger partial charge is 0.168 e. The molecule has 0 unspecified atom stereocenters. The SMILES string of the molecule is COc1cccc2c1-c1nc-2nc2[nH]c(nc3nc(nc4[nH]c(n1)c1cccc(OC)c41)-c1cccc(OC)c1-3)c1c(OC)cccc21. The predicted octanol–water partition coefficient (Wildman–Crippen LogP) is 6.90. The first kappa shape index (κ1) is 27.7. The quantitative estimate of drug-likeness (QED) is 0.210. The van der Waals surface area contributed by atoms with Gasteiger partial charge < -0.3 is 28.9 Å². The summed E-state index contributed by atoms with van der Waals surface area (Å²) in [5.74, 6) is 4.27. The zero-order valence-electron chi connectivity index (χ0n) is 26.2. The number of benzene rings is 4. The molecule has 3 aromatic heterocycles. The number of hydrogen-bond acceptors (Lipinski definition) is 10. The summed E-state index contributed by atoms with van der Waals surface area (Å²) in [5, 5.41) is 3.09. The molecule has 0 amide bonds. The van der Waals surface area contributed by atoms with Gasteiger partial charge in [-0.2, -0.15) is 0 Å². The standard InChI is InChI=1S/C36H26N8O4/c1-45-21-13-5-9-17-25(21)33-38-29(17)37-30-18-10-6-15-23(47-3)27(18)35(39-30)44-36-28-20(12-8-16-24(28)48-4)32(43-36)42-34-26-19(31(40-33)41-34)11-7-14-22(26)46-2/h5-16H,1-4H3,(H2,37,38,39,40,41,42,43,44). The number of aromatic amines is 2. The second-order valence-corrected chi connectivity index (χ2v) is 11.1. The fourth-order valence-electron chi connectivity index (χ4n) is 6.54. The highest BCUT2D eigenvalue weighted by Crippen LogP contribution is 2.43. The molecule has 234 valence electrons. The van der Waals surface area contributed by atoms with Gasteiger partial charge in [0.15, 0.2) is 23.3 Å². The molecule has 5 heterocycles. The molecule has 48 heavy (non-hydrogen) atoms. The van der Waals surface area contributed by atoms with Crippen molar-refractivity contribution >= 4 is 44.1 Å². The van der Waals surface area contributed by atoms with Gasteiger partial charge in [-0.3, -0.25) is 0 Å². The van der Waals surface area contributed by atoms with Gasteiger partial charge in [0.05, 0.1) is 50.3 Å². The van der Waals surface area contributed by atoms with Crippen LogP contribution in [0.5, 0.6) is 23.0 Å². The summed E-state index contributed by atoms with van der Waals surface area (Å²) in [6.07, 6.45) is 0. The summed E-state index contributed by atoms with van der Waals surface area (Å²) >= 11 is 0. The van der Waals surface area contributed by atoms with Crippen molar-refractivity contribution in [1.82, 2.24) is 39.9 Å². The molecule has 0 fully saturated rings. The second-order valence-electron chi connectivity index (χ2n) is 11.1. The molecule has 0 saturated heterocycles. The van der Waals surface area contributed by atoms with Crippen molar-refractivity contribution in [2.24, 2.45) is 0 Å². The molecular formula is C36H26N8O4. The Morgan fingerprint density at radius 3 is 1.23 bits per heavy atom. The highest BCUT2D eigenvalue weighted by Gasteiger charge is 2.26. The molecule has 7 aromatic rings. The molecule has 9 rings (SSSR count). The lowest BCUT2D eigenvalue weighted by Gasteiger charge is -2.05.